The summed E-state index contributed by atoms with van der Waals surface area (Å²) in [6, 6.07) is 10.8. The SMILES string of the molecule is CCNC(=NCCN1CCN(Cc2ccccc2)CC1)N(C)CC1CCOC1. The van der Waals surface area contributed by atoms with Crippen molar-refractivity contribution >= 4 is 5.96 Å². The summed E-state index contributed by atoms with van der Waals surface area (Å²) in [5.74, 6) is 1.66. The lowest BCUT2D eigenvalue weighted by Gasteiger charge is -2.34. The summed E-state index contributed by atoms with van der Waals surface area (Å²) in [5.41, 5.74) is 1.41. The maximum absolute atomic E-state index is 5.51. The standard InChI is InChI=1S/C22H37N5O/c1-3-23-22(25(2)17-21-9-16-28-19-21)24-10-11-26-12-14-27(15-13-26)18-20-7-5-4-6-8-20/h4-8,21H,3,9-19H2,1-2H3,(H,23,24). The van der Waals surface area contributed by atoms with Crippen LogP contribution >= 0.6 is 0 Å². The first-order valence-electron chi connectivity index (χ1n) is 10.8. The highest BCUT2D eigenvalue weighted by atomic mass is 16.5. The minimum atomic E-state index is 0.631. The van der Waals surface area contributed by atoms with Gasteiger partial charge in [0.1, 0.15) is 0 Å². The van der Waals surface area contributed by atoms with Gasteiger partial charge >= 0.3 is 0 Å². The number of aliphatic imine (C=N–C) groups is 1. The lowest BCUT2D eigenvalue weighted by atomic mass is 10.1. The van der Waals surface area contributed by atoms with E-state index in [1.165, 1.54) is 5.56 Å². The summed E-state index contributed by atoms with van der Waals surface area (Å²) >= 11 is 0. The van der Waals surface area contributed by atoms with Crippen LogP contribution in [0.2, 0.25) is 0 Å². The highest BCUT2D eigenvalue weighted by molar-refractivity contribution is 5.79. The second kappa shape index (κ2) is 11.4. The van der Waals surface area contributed by atoms with Crippen LogP contribution in [0.15, 0.2) is 35.3 Å². The van der Waals surface area contributed by atoms with Crippen molar-refractivity contribution in [2.75, 3.05) is 72.6 Å². The Balaban J connectivity index is 1.38. The summed E-state index contributed by atoms with van der Waals surface area (Å²) in [4.78, 5) is 12.2. The van der Waals surface area contributed by atoms with E-state index in [9.17, 15) is 0 Å². The van der Waals surface area contributed by atoms with Crippen LogP contribution in [-0.2, 0) is 11.3 Å². The van der Waals surface area contributed by atoms with Gasteiger partial charge in [-0.2, -0.15) is 0 Å². The normalized spacial score (nSPS) is 21.8. The number of rotatable bonds is 8. The molecule has 1 aromatic rings. The fraction of sp³-hybridized carbons (Fsp3) is 0.682. The molecule has 1 N–H and O–H groups in total. The molecule has 2 aliphatic heterocycles. The van der Waals surface area contributed by atoms with Crippen LogP contribution in [0, 0.1) is 5.92 Å². The number of hydrogen-bond donors (Lipinski definition) is 1. The van der Waals surface area contributed by atoms with Crippen molar-refractivity contribution in [3.63, 3.8) is 0 Å². The molecule has 2 heterocycles. The second-order valence-electron chi connectivity index (χ2n) is 7.95. The molecule has 1 atom stereocenters. The fourth-order valence-corrected chi connectivity index (χ4v) is 3.98. The zero-order chi connectivity index (χ0) is 19.6. The molecule has 0 aliphatic carbocycles. The third-order valence-corrected chi connectivity index (χ3v) is 5.64. The zero-order valence-electron chi connectivity index (χ0n) is 17.6. The van der Waals surface area contributed by atoms with Gasteiger partial charge < -0.3 is 15.0 Å². The Bertz CT molecular complexity index is 580. The maximum Gasteiger partial charge on any atom is 0.193 e. The molecule has 0 aromatic heterocycles. The molecule has 0 bridgehead atoms. The van der Waals surface area contributed by atoms with E-state index in [0.29, 0.717) is 5.92 Å². The molecule has 1 unspecified atom stereocenters. The molecule has 28 heavy (non-hydrogen) atoms. The minimum absolute atomic E-state index is 0.631. The smallest absolute Gasteiger partial charge is 0.193 e. The third kappa shape index (κ3) is 6.76. The molecule has 0 amide bonds. The lowest BCUT2D eigenvalue weighted by molar-refractivity contribution is 0.130. The summed E-state index contributed by atoms with van der Waals surface area (Å²) in [6.45, 7) is 13.3. The van der Waals surface area contributed by atoms with E-state index < -0.39 is 0 Å². The molecule has 2 fully saturated rings. The van der Waals surface area contributed by atoms with Crippen molar-refractivity contribution in [1.82, 2.24) is 20.0 Å². The van der Waals surface area contributed by atoms with E-state index >= 15 is 0 Å². The molecule has 6 heteroatoms. The molecule has 0 radical (unpaired) electrons. The van der Waals surface area contributed by atoms with Crippen LogP contribution in [0.5, 0.6) is 0 Å². The summed E-state index contributed by atoms with van der Waals surface area (Å²) in [7, 11) is 2.14. The highest BCUT2D eigenvalue weighted by Gasteiger charge is 2.19. The second-order valence-corrected chi connectivity index (χ2v) is 7.95. The number of ether oxygens (including phenoxy) is 1. The van der Waals surface area contributed by atoms with Gasteiger partial charge in [-0.3, -0.25) is 14.8 Å². The van der Waals surface area contributed by atoms with E-state index in [-0.39, 0.29) is 0 Å². The van der Waals surface area contributed by atoms with Gasteiger partial charge in [-0.25, -0.2) is 0 Å². The highest BCUT2D eigenvalue weighted by Crippen LogP contribution is 2.13. The van der Waals surface area contributed by atoms with Crippen LogP contribution in [0.4, 0.5) is 0 Å². The zero-order valence-corrected chi connectivity index (χ0v) is 17.6. The Morgan fingerprint density at radius 3 is 2.61 bits per heavy atom. The van der Waals surface area contributed by atoms with Gasteiger partial charge in [-0.15, -0.1) is 0 Å². The molecule has 1 aromatic carbocycles. The molecule has 6 nitrogen and oxygen atoms in total. The van der Waals surface area contributed by atoms with Gasteiger partial charge in [0, 0.05) is 71.9 Å². The molecule has 3 rings (SSSR count). The molecule has 2 aliphatic rings. The van der Waals surface area contributed by atoms with Crippen molar-refractivity contribution in [3.05, 3.63) is 35.9 Å². The van der Waals surface area contributed by atoms with Crippen LogP contribution in [0.1, 0.15) is 18.9 Å². The van der Waals surface area contributed by atoms with Crippen molar-refractivity contribution in [3.8, 4) is 0 Å². The number of nitrogens with one attached hydrogen (secondary N) is 1. The first-order valence-corrected chi connectivity index (χ1v) is 10.8. The number of benzene rings is 1. The van der Waals surface area contributed by atoms with Crippen LogP contribution in [0.3, 0.4) is 0 Å². The first kappa shape index (κ1) is 21.1. The van der Waals surface area contributed by atoms with E-state index in [1.54, 1.807) is 0 Å². The maximum atomic E-state index is 5.51. The Morgan fingerprint density at radius 1 is 1.18 bits per heavy atom. The van der Waals surface area contributed by atoms with Crippen LogP contribution in [0.25, 0.3) is 0 Å². The van der Waals surface area contributed by atoms with Crippen molar-refractivity contribution in [2.24, 2.45) is 10.9 Å². The fourth-order valence-electron chi connectivity index (χ4n) is 3.98. The van der Waals surface area contributed by atoms with Gasteiger partial charge in [0.15, 0.2) is 5.96 Å². The molecule has 2 saturated heterocycles. The van der Waals surface area contributed by atoms with Gasteiger partial charge in [0.25, 0.3) is 0 Å². The van der Waals surface area contributed by atoms with E-state index in [1.807, 2.05) is 0 Å². The third-order valence-electron chi connectivity index (χ3n) is 5.64. The molecule has 0 spiro atoms. The Kier molecular flexibility index (Phi) is 8.58. The van der Waals surface area contributed by atoms with Crippen LogP contribution < -0.4 is 5.32 Å². The molecule has 156 valence electrons. The van der Waals surface area contributed by atoms with E-state index in [0.717, 1.165) is 84.5 Å². The van der Waals surface area contributed by atoms with Crippen molar-refractivity contribution in [1.29, 1.82) is 0 Å². The first-order chi connectivity index (χ1) is 13.7. The molecular formula is C22H37N5O. The number of hydrogen-bond acceptors (Lipinski definition) is 4. The Hall–Kier alpha value is -1.63. The van der Waals surface area contributed by atoms with Crippen LogP contribution in [-0.4, -0.2) is 93.3 Å². The van der Waals surface area contributed by atoms with Crippen molar-refractivity contribution < 1.29 is 4.74 Å². The van der Waals surface area contributed by atoms with Gasteiger partial charge in [0.2, 0.25) is 0 Å². The molecule has 0 saturated carbocycles. The topological polar surface area (TPSA) is 43.3 Å². The average Bonchev–Trinajstić information content (AvgIpc) is 3.22. The Labute approximate surface area is 170 Å². The summed E-state index contributed by atoms with van der Waals surface area (Å²) in [5, 5.41) is 3.44. The van der Waals surface area contributed by atoms with Gasteiger partial charge in [0.05, 0.1) is 13.2 Å². The lowest BCUT2D eigenvalue weighted by Crippen LogP contribution is -2.47. The number of nitrogens with zero attached hydrogens (tertiary/aromatic N) is 4. The summed E-state index contributed by atoms with van der Waals surface area (Å²) < 4.78 is 5.51. The van der Waals surface area contributed by atoms with Crippen molar-refractivity contribution in [2.45, 2.75) is 19.9 Å². The predicted molar refractivity (Wildman–Crippen MR) is 116 cm³/mol. The predicted octanol–water partition coefficient (Wildman–Crippen LogP) is 1.74. The largest absolute Gasteiger partial charge is 0.381 e. The monoisotopic (exact) mass is 387 g/mol. The van der Waals surface area contributed by atoms with E-state index in [2.05, 4.69) is 64.3 Å². The molecular weight excluding hydrogens is 350 g/mol. The van der Waals surface area contributed by atoms with Gasteiger partial charge in [-0.1, -0.05) is 30.3 Å². The summed E-state index contributed by atoms with van der Waals surface area (Å²) in [6.07, 6.45) is 1.16. The Morgan fingerprint density at radius 2 is 1.93 bits per heavy atom. The average molecular weight is 388 g/mol. The van der Waals surface area contributed by atoms with E-state index in [4.69, 9.17) is 9.73 Å². The minimum Gasteiger partial charge on any atom is -0.381 e. The quantitative estimate of drug-likeness (QED) is 0.544. The number of guanidine groups is 1. The van der Waals surface area contributed by atoms with Gasteiger partial charge in [-0.05, 0) is 18.9 Å². The number of piperazine rings is 1.